The number of Topliss-reactive ketones (excluding diaryl/α,β-unsaturated/α-hetero) is 1. The first-order chi connectivity index (χ1) is 13.9. The Bertz CT molecular complexity index is 792. The molecule has 2 atom stereocenters. The van der Waals surface area contributed by atoms with E-state index in [0.29, 0.717) is 17.9 Å². The van der Waals surface area contributed by atoms with Gasteiger partial charge in [0, 0.05) is 12.1 Å². The lowest BCUT2D eigenvalue weighted by Crippen LogP contribution is -2.41. The minimum atomic E-state index is -0.624. The van der Waals surface area contributed by atoms with Crippen molar-refractivity contribution in [3.63, 3.8) is 0 Å². The molecule has 2 N–H and O–H groups in total. The lowest BCUT2D eigenvalue weighted by molar-refractivity contribution is 0.0278. The first kappa shape index (κ1) is 24.3. The van der Waals surface area contributed by atoms with Gasteiger partial charge in [0.15, 0.2) is 5.78 Å². The number of ketones is 1. The van der Waals surface area contributed by atoms with Crippen molar-refractivity contribution >= 4 is 18.2 Å². The quantitative estimate of drug-likeness (QED) is 0.617. The maximum atomic E-state index is 13.1. The first-order valence-corrected chi connectivity index (χ1v) is 10.00. The molecular formula is C23H29ClFNO4. The molecule has 2 aromatic carbocycles. The van der Waals surface area contributed by atoms with Gasteiger partial charge < -0.3 is 19.8 Å². The Kier molecular flexibility index (Phi) is 9.24. The Labute approximate surface area is 182 Å². The van der Waals surface area contributed by atoms with Gasteiger partial charge in [-0.15, -0.1) is 12.4 Å². The largest absolute Gasteiger partial charge is 0.491 e. The van der Waals surface area contributed by atoms with E-state index >= 15 is 0 Å². The molecule has 3 rings (SSSR count). The number of benzene rings is 2. The van der Waals surface area contributed by atoms with Crippen LogP contribution < -0.4 is 4.74 Å². The predicted molar refractivity (Wildman–Crippen MR) is 116 cm³/mol. The second kappa shape index (κ2) is 11.4. The normalized spacial score (nSPS) is 17.1. The summed E-state index contributed by atoms with van der Waals surface area (Å²) in [7, 11) is 0. The van der Waals surface area contributed by atoms with Gasteiger partial charge in [0.2, 0.25) is 0 Å². The zero-order valence-electron chi connectivity index (χ0n) is 17.0. The number of carbonyl (C=O) groups excluding carboxylic acids is 1. The number of rotatable bonds is 8. The van der Waals surface area contributed by atoms with E-state index in [1.165, 1.54) is 19.1 Å². The Balaban J connectivity index is 0.00000320. The van der Waals surface area contributed by atoms with Crippen molar-refractivity contribution in [1.82, 2.24) is 4.90 Å². The maximum absolute atomic E-state index is 13.1. The minimum Gasteiger partial charge on any atom is -0.491 e. The summed E-state index contributed by atoms with van der Waals surface area (Å²) in [4.78, 5) is 13.5. The molecule has 2 unspecified atom stereocenters. The number of hydrogen-bond acceptors (Lipinski definition) is 5. The smallest absolute Gasteiger partial charge is 0.159 e. The van der Waals surface area contributed by atoms with Crippen LogP contribution in [0.5, 0.6) is 5.75 Å². The molecule has 1 heterocycles. The number of hydrogen-bond donors (Lipinski definition) is 2. The number of piperidine rings is 1. The van der Waals surface area contributed by atoms with Gasteiger partial charge in [-0.1, -0.05) is 12.1 Å². The molecule has 0 radical (unpaired) electrons. The summed E-state index contributed by atoms with van der Waals surface area (Å²) in [6.45, 7) is 3.77. The second-order valence-corrected chi connectivity index (χ2v) is 7.68. The van der Waals surface area contributed by atoms with Gasteiger partial charge in [-0.2, -0.15) is 0 Å². The molecule has 30 heavy (non-hydrogen) atoms. The highest BCUT2D eigenvalue weighted by atomic mass is 35.5. The molecule has 0 spiro atoms. The summed E-state index contributed by atoms with van der Waals surface area (Å²) in [6.07, 6.45) is 0.419. The van der Waals surface area contributed by atoms with Gasteiger partial charge in [0.1, 0.15) is 24.3 Å². The highest BCUT2D eigenvalue weighted by Gasteiger charge is 2.27. The molecule has 0 saturated carbocycles. The Hall–Kier alpha value is -1.99. The predicted octanol–water partition coefficient (Wildman–Crippen LogP) is 3.64. The lowest BCUT2D eigenvalue weighted by atomic mass is 9.87. The summed E-state index contributed by atoms with van der Waals surface area (Å²) < 4.78 is 18.7. The van der Waals surface area contributed by atoms with Crippen LogP contribution in [0, 0.1) is 11.7 Å². The topological polar surface area (TPSA) is 70.0 Å². The van der Waals surface area contributed by atoms with Crippen LogP contribution in [0.25, 0.3) is 0 Å². The van der Waals surface area contributed by atoms with Gasteiger partial charge in [-0.3, -0.25) is 4.79 Å². The van der Waals surface area contributed by atoms with Crippen molar-refractivity contribution in [3.05, 3.63) is 65.5 Å². The van der Waals surface area contributed by atoms with E-state index in [9.17, 15) is 19.4 Å². The van der Waals surface area contributed by atoms with E-state index in [2.05, 4.69) is 4.90 Å². The monoisotopic (exact) mass is 437 g/mol. The summed E-state index contributed by atoms with van der Waals surface area (Å²) in [6, 6.07) is 12.9. The molecular weight excluding hydrogens is 409 g/mol. The highest BCUT2D eigenvalue weighted by Crippen LogP contribution is 2.30. The zero-order valence-corrected chi connectivity index (χ0v) is 17.9. The van der Waals surface area contributed by atoms with E-state index in [0.717, 1.165) is 31.5 Å². The Morgan fingerprint density at radius 3 is 2.27 bits per heavy atom. The number of nitrogens with zero attached hydrogens (tertiary/aromatic N) is 1. The highest BCUT2D eigenvalue weighted by molar-refractivity contribution is 5.94. The van der Waals surface area contributed by atoms with Gasteiger partial charge in [0.25, 0.3) is 0 Å². The van der Waals surface area contributed by atoms with Crippen molar-refractivity contribution in [2.45, 2.75) is 32.0 Å². The second-order valence-electron chi connectivity index (χ2n) is 7.68. The van der Waals surface area contributed by atoms with E-state index in [4.69, 9.17) is 4.74 Å². The fourth-order valence-corrected chi connectivity index (χ4v) is 3.71. The third kappa shape index (κ3) is 6.77. The molecule has 0 bridgehead atoms. The number of carbonyl (C=O) groups is 1. The van der Waals surface area contributed by atoms with Crippen LogP contribution in [0.4, 0.5) is 4.39 Å². The van der Waals surface area contributed by atoms with E-state index in [1.54, 1.807) is 36.4 Å². The van der Waals surface area contributed by atoms with E-state index in [1.807, 2.05) is 0 Å². The molecule has 0 aliphatic carbocycles. The number of halogens is 2. The molecule has 1 aliphatic heterocycles. The van der Waals surface area contributed by atoms with Crippen LogP contribution in [-0.4, -0.2) is 53.2 Å². The summed E-state index contributed by atoms with van der Waals surface area (Å²) in [5, 5.41) is 20.8. The van der Waals surface area contributed by atoms with Crippen LogP contribution in [0.2, 0.25) is 0 Å². The molecule has 0 aromatic heterocycles. The SMILES string of the molecule is CC(=O)c1ccc(OCC(O)CN2CCC(C(O)c3ccc(F)cc3)CC2)cc1.Cl. The van der Waals surface area contributed by atoms with E-state index in [-0.39, 0.29) is 36.5 Å². The molecule has 1 aliphatic rings. The minimum absolute atomic E-state index is 0. The maximum Gasteiger partial charge on any atom is 0.159 e. The van der Waals surface area contributed by atoms with Crippen molar-refractivity contribution in [2.75, 3.05) is 26.2 Å². The van der Waals surface area contributed by atoms with Crippen LogP contribution in [0.15, 0.2) is 48.5 Å². The van der Waals surface area contributed by atoms with Crippen LogP contribution >= 0.6 is 12.4 Å². The number of likely N-dealkylation sites (tertiary alicyclic amines) is 1. The molecule has 5 nitrogen and oxygen atoms in total. The van der Waals surface area contributed by atoms with Gasteiger partial charge in [0.05, 0.1) is 6.10 Å². The molecule has 1 fully saturated rings. The van der Waals surface area contributed by atoms with Crippen LogP contribution in [-0.2, 0) is 0 Å². The fraction of sp³-hybridized carbons (Fsp3) is 0.435. The Morgan fingerprint density at radius 1 is 1.10 bits per heavy atom. The molecule has 2 aromatic rings. The van der Waals surface area contributed by atoms with Crippen molar-refractivity contribution < 1.29 is 24.1 Å². The number of aliphatic hydroxyl groups excluding tert-OH is 2. The molecule has 0 amide bonds. The van der Waals surface area contributed by atoms with Crippen molar-refractivity contribution in [1.29, 1.82) is 0 Å². The third-order valence-electron chi connectivity index (χ3n) is 5.46. The van der Waals surface area contributed by atoms with Gasteiger partial charge in [-0.05, 0) is 80.7 Å². The summed E-state index contributed by atoms with van der Waals surface area (Å²) in [5.41, 5.74) is 1.37. The Morgan fingerprint density at radius 2 is 1.70 bits per heavy atom. The lowest BCUT2D eigenvalue weighted by Gasteiger charge is -2.35. The molecule has 7 heteroatoms. The van der Waals surface area contributed by atoms with Crippen LogP contribution in [0.3, 0.4) is 0 Å². The van der Waals surface area contributed by atoms with Gasteiger partial charge in [-0.25, -0.2) is 4.39 Å². The number of aliphatic hydroxyl groups is 2. The fourth-order valence-electron chi connectivity index (χ4n) is 3.71. The average Bonchev–Trinajstić information content (AvgIpc) is 2.73. The number of β-amino-alcohol motifs (C(OH)–C–C–N with tert-alkyl or cyclic N) is 1. The van der Waals surface area contributed by atoms with Crippen molar-refractivity contribution in [3.8, 4) is 5.75 Å². The number of ether oxygens (including phenoxy) is 1. The van der Waals surface area contributed by atoms with Crippen LogP contribution in [0.1, 0.15) is 41.8 Å². The standard InChI is InChI=1S/C23H28FNO4.ClH/c1-16(26)17-4-8-22(9-5-17)29-15-21(27)14-25-12-10-19(11-13-25)23(28)18-2-6-20(24)7-3-18;/h2-9,19,21,23,27-28H,10-15H2,1H3;1H. The summed E-state index contributed by atoms with van der Waals surface area (Å²) in [5.74, 6) is 0.450. The first-order valence-electron chi connectivity index (χ1n) is 10.00. The average molecular weight is 438 g/mol. The van der Waals surface area contributed by atoms with Crippen molar-refractivity contribution in [2.24, 2.45) is 5.92 Å². The van der Waals surface area contributed by atoms with Gasteiger partial charge >= 0.3 is 0 Å². The third-order valence-corrected chi connectivity index (χ3v) is 5.46. The zero-order chi connectivity index (χ0) is 20.8. The summed E-state index contributed by atoms with van der Waals surface area (Å²) >= 11 is 0. The molecule has 164 valence electrons. The molecule has 1 saturated heterocycles. The van der Waals surface area contributed by atoms with E-state index < -0.39 is 12.2 Å².